The van der Waals surface area contributed by atoms with Crippen LogP contribution in [0.5, 0.6) is 0 Å². The maximum Gasteiger partial charge on any atom is 0.331 e. The summed E-state index contributed by atoms with van der Waals surface area (Å²) in [5.41, 5.74) is 4.17. The van der Waals surface area contributed by atoms with E-state index in [1.165, 1.54) is 0 Å². The van der Waals surface area contributed by atoms with Crippen molar-refractivity contribution in [2.24, 2.45) is 4.99 Å². The number of aliphatic carboxylic acids is 1. The first kappa shape index (κ1) is 14.7. The van der Waals surface area contributed by atoms with Crippen LogP contribution in [0, 0.1) is 6.92 Å². The van der Waals surface area contributed by atoms with Gasteiger partial charge < -0.3 is 5.11 Å². The highest BCUT2D eigenvalue weighted by Gasteiger charge is 2.13. The van der Waals surface area contributed by atoms with Gasteiger partial charge in [0.1, 0.15) is 0 Å². The molecule has 1 aliphatic carbocycles. The molecule has 0 saturated carbocycles. The molecule has 0 amide bonds. The first-order valence-electron chi connectivity index (χ1n) is 6.63. The normalized spacial score (nSPS) is 17.9. The average molecular weight is 279 g/mol. The second-order valence-electron chi connectivity index (χ2n) is 4.82. The van der Waals surface area contributed by atoms with Gasteiger partial charge in [0, 0.05) is 16.7 Å². The molecule has 106 valence electrons. The molecule has 0 aromatic heterocycles. The van der Waals surface area contributed by atoms with Crippen LogP contribution in [0.15, 0.2) is 71.3 Å². The molecule has 0 unspecified atom stereocenters. The van der Waals surface area contributed by atoms with Crippen molar-refractivity contribution in [2.75, 3.05) is 0 Å². The van der Waals surface area contributed by atoms with Gasteiger partial charge in [0.15, 0.2) is 0 Å². The maximum absolute atomic E-state index is 11.2. The fraction of sp³-hybridized carbons (Fsp3) is 0.111. The predicted molar refractivity (Wildman–Crippen MR) is 86.3 cm³/mol. The minimum atomic E-state index is -0.945. The van der Waals surface area contributed by atoms with Crippen LogP contribution in [0.4, 0.5) is 0 Å². The van der Waals surface area contributed by atoms with Gasteiger partial charge >= 0.3 is 5.97 Å². The lowest BCUT2D eigenvalue weighted by molar-refractivity contribution is -0.132. The van der Waals surface area contributed by atoms with Crippen LogP contribution in [-0.4, -0.2) is 16.8 Å². The Balaban J connectivity index is 2.44. The Morgan fingerprint density at radius 1 is 1.19 bits per heavy atom. The molecule has 1 N–H and O–H groups in total. The fourth-order valence-corrected chi connectivity index (χ4v) is 2.11. The minimum Gasteiger partial charge on any atom is -0.478 e. The largest absolute Gasteiger partial charge is 0.478 e. The molecule has 0 aliphatic heterocycles. The highest BCUT2D eigenvalue weighted by Crippen LogP contribution is 2.21. The van der Waals surface area contributed by atoms with Crippen LogP contribution in [0.1, 0.15) is 18.1 Å². The Morgan fingerprint density at radius 3 is 2.52 bits per heavy atom. The second kappa shape index (κ2) is 6.18. The summed E-state index contributed by atoms with van der Waals surface area (Å²) in [5.74, 6) is -0.945. The van der Waals surface area contributed by atoms with Gasteiger partial charge in [-0.25, -0.2) is 9.79 Å². The third kappa shape index (κ3) is 3.26. The number of nitrogens with zero attached hydrogens (tertiary/aromatic N) is 1. The van der Waals surface area contributed by atoms with E-state index in [-0.39, 0.29) is 5.57 Å². The third-order valence-electron chi connectivity index (χ3n) is 3.34. The minimum absolute atomic E-state index is 0.270. The molecule has 0 spiro atoms. The summed E-state index contributed by atoms with van der Waals surface area (Å²) < 4.78 is 0. The molecule has 21 heavy (non-hydrogen) atoms. The van der Waals surface area contributed by atoms with Gasteiger partial charge in [-0.2, -0.15) is 0 Å². The zero-order chi connectivity index (χ0) is 15.4. The number of hydrogen-bond donors (Lipinski definition) is 1. The van der Waals surface area contributed by atoms with Crippen molar-refractivity contribution < 1.29 is 9.90 Å². The fourth-order valence-electron chi connectivity index (χ4n) is 2.11. The van der Waals surface area contributed by atoms with Crippen LogP contribution in [0.2, 0.25) is 0 Å². The van der Waals surface area contributed by atoms with Crippen molar-refractivity contribution in [3.05, 3.63) is 77.4 Å². The number of allylic oxidation sites excluding steroid dienone is 5. The molecule has 0 saturated heterocycles. The standard InChI is InChI=1S/C18H17NO2/c1-12-8-4-5-9-15(12)14(3)19-17-11-7-6-10-16(17)13(2)18(20)21/h4-11H,3H2,1-2H3,(H,20,21)/b16-13+,19-17?. The molecule has 1 aliphatic rings. The van der Waals surface area contributed by atoms with E-state index in [2.05, 4.69) is 11.6 Å². The summed E-state index contributed by atoms with van der Waals surface area (Å²) >= 11 is 0. The van der Waals surface area contributed by atoms with Crippen molar-refractivity contribution in [3.63, 3.8) is 0 Å². The van der Waals surface area contributed by atoms with E-state index >= 15 is 0 Å². The van der Waals surface area contributed by atoms with Gasteiger partial charge in [-0.15, -0.1) is 0 Å². The zero-order valence-corrected chi connectivity index (χ0v) is 12.1. The van der Waals surface area contributed by atoms with Crippen molar-refractivity contribution in [2.45, 2.75) is 13.8 Å². The molecule has 0 bridgehead atoms. The van der Waals surface area contributed by atoms with Crippen molar-refractivity contribution in [1.82, 2.24) is 0 Å². The maximum atomic E-state index is 11.2. The van der Waals surface area contributed by atoms with Gasteiger partial charge in [-0.3, -0.25) is 0 Å². The van der Waals surface area contributed by atoms with Crippen molar-refractivity contribution in [1.29, 1.82) is 0 Å². The van der Waals surface area contributed by atoms with Crippen LogP contribution in [0.3, 0.4) is 0 Å². The van der Waals surface area contributed by atoms with E-state index in [0.29, 0.717) is 17.0 Å². The number of benzene rings is 1. The van der Waals surface area contributed by atoms with Gasteiger partial charge in [0.2, 0.25) is 0 Å². The predicted octanol–water partition coefficient (Wildman–Crippen LogP) is 3.93. The molecule has 3 heteroatoms. The first-order chi connectivity index (χ1) is 10.0. The Kier molecular flexibility index (Phi) is 4.33. The van der Waals surface area contributed by atoms with Crippen LogP contribution < -0.4 is 0 Å². The number of hydrogen-bond acceptors (Lipinski definition) is 2. The molecular weight excluding hydrogens is 262 g/mol. The lowest BCUT2D eigenvalue weighted by atomic mass is 9.99. The lowest BCUT2D eigenvalue weighted by Gasteiger charge is -2.11. The van der Waals surface area contributed by atoms with E-state index in [0.717, 1.165) is 11.1 Å². The number of carboxylic acids is 1. The zero-order valence-electron chi connectivity index (χ0n) is 12.1. The molecule has 0 radical (unpaired) electrons. The highest BCUT2D eigenvalue weighted by molar-refractivity contribution is 6.16. The van der Waals surface area contributed by atoms with E-state index in [1.807, 2.05) is 37.3 Å². The lowest BCUT2D eigenvalue weighted by Crippen LogP contribution is -2.08. The third-order valence-corrected chi connectivity index (χ3v) is 3.34. The SMILES string of the molecule is C=C(N=C1C=CC=C/C1=C(/C)C(=O)O)c1ccccc1C. The molecule has 2 rings (SSSR count). The molecule has 0 fully saturated rings. The number of carbonyl (C=O) groups is 1. The van der Waals surface area contributed by atoms with Crippen molar-refractivity contribution in [3.8, 4) is 0 Å². The molecular formula is C18H17NO2. The molecule has 3 nitrogen and oxygen atoms in total. The smallest absolute Gasteiger partial charge is 0.331 e. The number of aryl methyl sites for hydroxylation is 1. The van der Waals surface area contributed by atoms with Gasteiger partial charge in [-0.05, 0) is 25.5 Å². The van der Waals surface area contributed by atoms with E-state index < -0.39 is 5.97 Å². The Morgan fingerprint density at radius 2 is 1.86 bits per heavy atom. The topological polar surface area (TPSA) is 49.7 Å². The number of aliphatic imine (C=N–C) groups is 1. The monoisotopic (exact) mass is 279 g/mol. The molecule has 0 atom stereocenters. The summed E-state index contributed by atoms with van der Waals surface area (Å²) in [6.45, 7) is 7.58. The Labute approximate surface area is 124 Å². The van der Waals surface area contributed by atoms with Gasteiger partial charge in [-0.1, -0.05) is 49.1 Å². The second-order valence-corrected chi connectivity index (χ2v) is 4.82. The van der Waals surface area contributed by atoms with E-state index in [1.54, 1.807) is 25.2 Å². The van der Waals surface area contributed by atoms with Crippen molar-refractivity contribution >= 4 is 17.4 Å². The quantitative estimate of drug-likeness (QED) is 0.852. The van der Waals surface area contributed by atoms with Crippen LogP contribution in [-0.2, 0) is 4.79 Å². The van der Waals surface area contributed by atoms with E-state index in [4.69, 9.17) is 5.11 Å². The summed E-state index contributed by atoms with van der Waals surface area (Å²) in [6, 6.07) is 7.85. The summed E-state index contributed by atoms with van der Waals surface area (Å²) in [4.78, 5) is 15.7. The summed E-state index contributed by atoms with van der Waals surface area (Å²) in [5, 5.41) is 9.15. The summed E-state index contributed by atoms with van der Waals surface area (Å²) in [7, 11) is 0. The molecule has 1 aromatic carbocycles. The highest BCUT2D eigenvalue weighted by atomic mass is 16.4. The van der Waals surface area contributed by atoms with Gasteiger partial charge in [0.25, 0.3) is 0 Å². The molecule has 0 heterocycles. The average Bonchev–Trinajstić information content (AvgIpc) is 2.47. The Bertz CT molecular complexity index is 718. The summed E-state index contributed by atoms with van der Waals surface area (Å²) in [6.07, 6.45) is 7.19. The Hall–Kier alpha value is -2.68. The van der Waals surface area contributed by atoms with Gasteiger partial charge in [0.05, 0.1) is 11.4 Å². The number of rotatable bonds is 3. The molecule has 1 aromatic rings. The first-order valence-corrected chi connectivity index (χ1v) is 6.63. The van der Waals surface area contributed by atoms with Crippen LogP contribution >= 0.6 is 0 Å². The van der Waals surface area contributed by atoms with Crippen LogP contribution in [0.25, 0.3) is 5.70 Å². The number of carboxylic acid groups (broad SMARTS) is 1. The van der Waals surface area contributed by atoms with E-state index in [9.17, 15) is 4.79 Å².